The lowest BCUT2D eigenvalue weighted by molar-refractivity contribution is 0.749. The second-order valence-electron chi connectivity index (χ2n) is 6.75. The van der Waals surface area contributed by atoms with Crippen molar-refractivity contribution in [3.63, 3.8) is 0 Å². The van der Waals surface area contributed by atoms with Crippen molar-refractivity contribution in [1.29, 1.82) is 0 Å². The minimum atomic E-state index is 0.0245. The van der Waals surface area contributed by atoms with Crippen LogP contribution in [-0.2, 0) is 6.54 Å². The highest BCUT2D eigenvalue weighted by molar-refractivity contribution is 7.19. The van der Waals surface area contributed by atoms with Gasteiger partial charge in [0.05, 0.1) is 18.3 Å². The van der Waals surface area contributed by atoms with Gasteiger partial charge in [-0.3, -0.25) is 9.36 Å². The van der Waals surface area contributed by atoms with Crippen LogP contribution in [0.1, 0.15) is 21.6 Å². The first kappa shape index (κ1) is 16.7. The lowest BCUT2D eigenvalue weighted by Gasteiger charge is -2.08. The molecular formula is C22H20N2OS. The average Bonchev–Trinajstić information content (AvgIpc) is 2.95. The summed E-state index contributed by atoms with van der Waals surface area (Å²) in [4.78, 5) is 19.7. The molecule has 0 aliphatic rings. The Balaban J connectivity index is 1.88. The van der Waals surface area contributed by atoms with Gasteiger partial charge in [-0.05, 0) is 31.9 Å². The Kier molecular flexibility index (Phi) is 4.21. The van der Waals surface area contributed by atoms with Crippen LogP contribution >= 0.6 is 11.3 Å². The predicted octanol–water partition coefficient (Wildman–Crippen LogP) is 5.10. The third-order valence-corrected chi connectivity index (χ3v) is 5.64. The standard InChI is InChI=1S/C22H20N2OS/c1-14-7-9-18(10-8-14)19-16(3)26-21-20(19)22(25)24(13-23-21)12-17-6-4-5-15(2)11-17/h4-11,13H,12H2,1-3H3. The van der Waals surface area contributed by atoms with Crippen molar-refractivity contribution in [3.8, 4) is 11.1 Å². The Morgan fingerprint density at radius 3 is 2.50 bits per heavy atom. The number of hydrogen-bond acceptors (Lipinski definition) is 3. The van der Waals surface area contributed by atoms with Gasteiger partial charge < -0.3 is 0 Å². The van der Waals surface area contributed by atoms with E-state index in [4.69, 9.17) is 0 Å². The molecular weight excluding hydrogens is 340 g/mol. The molecule has 0 aliphatic carbocycles. The maximum atomic E-state index is 13.2. The number of rotatable bonds is 3. The summed E-state index contributed by atoms with van der Waals surface area (Å²) < 4.78 is 1.71. The Morgan fingerprint density at radius 1 is 1.00 bits per heavy atom. The third-order valence-electron chi connectivity index (χ3n) is 4.63. The summed E-state index contributed by atoms with van der Waals surface area (Å²) in [5, 5.41) is 0.728. The number of thiophene rings is 1. The van der Waals surface area contributed by atoms with Gasteiger partial charge in [0.25, 0.3) is 5.56 Å². The first-order chi connectivity index (χ1) is 12.5. The number of benzene rings is 2. The number of aryl methyl sites for hydroxylation is 3. The van der Waals surface area contributed by atoms with Gasteiger partial charge in [-0.25, -0.2) is 4.98 Å². The summed E-state index contributed by atoms with van der Waals surface area (Å²) in [5.74, 6) is 0. The molecule has 26 heavy (non-hydrogen) atoms. The zero-order valence-electron chi connectivity index (χ0n) is 15.1. The molecule has 0 bridgehead atoms. The minimum Gasteiger partial charge on any atom is -0.294 e. The number of aromatic nitrogens is 2. The molecule has 2 heterocycles. The molecule has 4 rings (SSSR count). The molecule has 0 saturated carbocycles. The SMILES string of the molecule is Cc1ccc(-c2c(C)sc3ncn(Cc4cccc(C)c4)c(=O)c23)cc1. The van der Waals surface area contributed by atoms with Crippen molar-refractivity contribution in [1.82, 2.24) is 9.55 Å². The van der Waals surface area contributed by atoms with E-state index in [1.54, 1.807) is 22.2 Å². The maximum Gasteiger partial charge on any atom is 0.263 e. The molecule has 0 radical (unpaired) electrons. The number of nitrogens with zero attached hydrogens (tertiary/aromatic N) is 2. The first-order valence-electron chi connectivity index (χ1n) is 8.64. The largest absolute Gasteiger partial charge is 0.294 e. The molecule has 0 atom stereocenters. The molecule has 2 aromatic carbocycles. The van der Waals surface area contributed by atoms with E-state index in [0.29, 0.717) is 6.54 Å². The van der Waals surface area contributed by atoms with Gasteiger partial charge in [0, 0.05) is 10.4 Å². The van der Waals surface area contributed by atoms with Gasteiger partial charge >= 0.3 is 0 Å². The van der Waals surface area contributed by atoms with E-state index in [1.807, 2.05) is 12.1 Å². The van der Waals surface area contributed by atoms with E-state index < -0.39 is 0 Å². The van der Waals surface area contributed by atoms with Crippen LogP contribution < -0.4 is 5.56 Å². The van der Waals surface area contributed by atoms with E-state index in [1.165, 1.54) is 11.1 Å². The van der Waals surface area contributed by atoms with E-state index in [9.17, 15) is 4.79 Å². The lowest BCUT2D eigenvalue weighted by atomic mass is 10.0. The van der Waals surface area contributed by atoms with Crippen LogP contribution in [0.15, 0.2) is 59.7 Å². The van der Waals surface area contributed by atoms with Gasteiger partial charge in [-0.2, -0.15) is 0 Å². The second kappa shape index (κ2) is 6.54. The zero-order valence-corrected chi connectivity index (χ0v) is 15.9. The van der Waals surface area contributed by atoms with Gasteiger partial charge in [-0.15, -0.1) is 11.3 Å². The van der Waals surface area contributed by atoms with E-state index in [-0.39, 0.29) is 5.56 Å². The smallest absolute Gasteiger partial charge is 0.263 e. The quantitative estimate of drug-likeness (QED) is 0.509. The van der Waals surface area contributed by atoms with Gasteiger partial charge in [0.1, 0.15) is 4.83 Å². The van der Waals surface area contributed by atoms with E-state index in [0.717, 1.165) is 31.8 Å². The highest BCUT2D eigenvalue weighted by Crippen LogP contribution is 2.35. The van der Waals surface area contributed by atoms with Crippen LogP contribution in [0.2, 0.25) is 0 Å². The molecule has 0 fully saturated rings. The number of hydrogen-bond donors (Lipinski definition) is 0. The van der Waals surface area contributed by atoms with Crippen molar-refractivity contribution in [3.05, 3.63) is 86.8 Å². The fraction of sp³-hybridized carbons (Fsp3) is 0.182. The molecule has 0 aliphatic heterocycles. The zero-order chi connectivity index (χ0) is 18.3. The Hall–Kier alpha value is -2.72. The van der Waals surface area contributed by atoms with Crippen molar-refractivity contribution < 1.29 is 0 Å². The number of fused-ring (bicyclic) bond motifs is 1. The fourth-order valence-corrected chi connectivity index (χ4v) is 4.33. The van der Waals surface area contributed by atoms with Crippen LogP contribution in [-0.4, -0.2) is 9.55 Å². The summed E-state index contributed by atoms with van der Waals surface area (Å²) in [6.07, 6.45) is 1.67. The Morgan fingerprint density at radius 2 is 1.77 bits per heavy atom. The molecule has 0 spiro atoms. The summed E-state index contributed by atoms with van der Waals surface area (Å²) in [6, 6.07) is 16.6. The average molecular weight is 360 g/mol. The second-order valence-corrected chi connectivity index (χ2v) is 7.95. The molecule has 4 aromatic rings. The van der Waals surface area contributed by atoms with Gasteiger partial charge in [0.15, 0.2) is 0 Å². The molecule has 130 valence electrons. The first-order valence-corrected chi connectivity index (χ1v) is 9.45. The third kappa shape index (κ3) is 2.97. The van der Waals surface area contributed by atoms with Crippen LogP contribution in [0.5, 0.6) is 0 Å². The monoisotopic (exact) mass is 360 g/mol. The van der Waals surface area contributed by atoms with Crippen LogP contribution in [0.3, 0.4) is 0 Å². The van der Waals surface area contributed by atoms with Crippen molar-refractivity contribution >= 4 is 21.6 Å². The maximum absolute atomic E-state index is 13.2. The predicted molar refractivity (Wildman–Crippen MR) is 109 cm³/mol. The minimum absolute atomic E-state index is 0.0245. The Labute approximate surface area is 156 Å². The molecule has 2 aromatic heterocycles. The van der Waals surface area contributed by atoms with Crippen LogP contribution in [0, 0.1) is 20.8 Å². The molecule has 0 N–H and O–H groups in total. The van der Waals surface area contributed by atoms with Gasteiger partial charge in [-0.1, -0.05) is 59.7 Å². The molecule has 0 amide bonds. The highest BCUT2D eigenvalue weighted by atomic mass is 32.1. The van der Waals surface area contributed by atoms with Crippen molar-refractivity contribution in [2.45, 2.75) is 27.3 Å². The Bertz CT molecular complexity index is 1150. The topological polar surface area (TPSA) is 34.9 Å². The van der Waals surface area contributed by atoms with Gasteiger partial charge in [0.2, 0.25) is 0 Å². The van der Waals surface area contributed by atoms with Crippen molar-refractivity contribution in [2.75, 3.05) is 0 Å². The molecule has 4 heteroatoms. The fourth-order valence-electron chi connectivity index (χ4n) is 3.33. The van der Waals surface area contributed by atoms with E-state index >= 15 is 0 Å². The van der Waals surface area contributed by atoms with Crippen LogP contribution in [0.4, 0.5) is 0 Å². The van der Waals surface area contributed by atoms with Crippen LogP contribution in [0.25, 0.3) is 21.3 Å². The normalized spacial score (nSPS) is 11.2. The van der Waals surface area contributed by atoms with E-state index in [2.05, 4.69) is 62.2 Å². The summed E-state index contributed by atoms with van der Waals surface area (Å²) in [7, 11) is 0. The molecule has 0 unspecified atom stereocenters. The molecule has 0 saturated heterocycles. The highest BCUT2D eigenvalue weighted by Gasteiger charge is 2.17. The summed E-state index contributed by atoms with van der Waals surface area (Å²) in [5.41, 5.74) is 5.62. The summed E-state index contributed by atoms with van der Waals surface area (Å²) >= 11 is 1.58. The molecule has 3 nitrogen and oxygen atoms in total. The lowest BCUT2D eigenvalue weighted by Crippen LogP contribution is -2.21. The van der Waals surface area contributed by atoms with Crippen molar-refractivity contribution in [2.24, 2.45) is 0 Å². The summed E-state index contributed by atoms with van der Waals surface area (Å²) in [6.45, 7) is 6.72.